The SMILES string of the molecule is COC(C(=O)NN=Cc1c[nH]c2ccccc12)c1ccccc1. The van der Waals surface area contributed by atoms with Crippen molar-refractivity contribution < 1.29 is 9.53 Å². The van der Waals surface area contributed by atoms with Crippen LogP contribution in [0.2, 0.25) is 0 Å². The summed E-state index contributed by atoms with van der Waals surface area (Å²) in [5.41, 5.74) is 5.25. The molecule has 0 fully saturated rings. The van der Waals surface area contributed by atoms with Gasteiger partial charge in [0.2, 0.25) is 0 Å². The molecule has 0 bridgehead atoms. The molecule has 23 heavy (non-hydrogen) atoms. The van der Waals surface area contributed by atoms with Crippen LogP contribution in [0.1, 0.15) is 17.2 Å². The van der Waals surface area contributed by atoms with Crippen molar-refractivity contribution in [3.63, 3.8) is 0 Å². The van der Waals surface area contributed by atoms with Crippen molar-refractivity contribution in [1.29, 1.82) is 0 Å². The van der Waals surface area contributed by atoms with E-state index < -0.39 is 6.10 Å². The minimum atomic E-state index is -0.684. The third-order valence-corrected chi connectivity index (χ3v) is 3.58. The maximum absolute atomic E-state index is 12.2. The fourth-order valence-electron chi connectivity index (χ4n) is 2.45. The van der Waals surface area contributed by atoms with E-state index in [-0.39, 0.29) is 5.91 Å². The minimum Gasteiger partial charge on any atom is -0.367 e. The van der Waals surface area contributed by atoms with Crippen LogP contribution >= 0.6 is 0 Å². The molecule has 0 spiro atoms. The quantitative estimate of drug-likeness (QED) is 0.562. The van der Waals surface area contributed by atoms with E-state index in [1.807, 2.05) is 60.8 Å². The topological polar surface area (TPSA) is 66.5 Å². The number of hydrogen-bond acceptors (Lipinski definition) is 3. The van der Waals surface area contributed by atoms with Crippen molar-refractivity contribution >= 4 is 23.0 Å². The van der Waals surface area contributed by atoms with Crippen LogP contribution in [-0.4, -0.2) is 24.2 Å². The van der Waals surface area contributed by atoms with E-state index in [0.29, 0.717) is 0 Å². The number of methoxy groups -OCH3 is 1. The van der Waals surface area contributed by atoms with E-state index in [2.05, 4.69) is 15.5 Å². The first-order valence-electron chi connectivity index (χ1n) is 7.26. The number of hydrazone groups is 1. The van der Waals surface area contributed by atoms with Gasteiger partial charge in [0.05, 0.1) is 6.21 Å². The third-order valence-electron chi connectivity index (χ3n) is 3.58. The summed E-state index contributed by atoms with van der Waals surface area (Å²) in [4.78, 5) is 15.4. The number of carbonyl (C=O) groups excluding carboxylic acids is 1. The van der Waals surface area contributed by atoms with E-state index in [1.165, 1.54) is 7.11 Å². The van der Waals surface area contributed by atoms with Gasteiger partial charge in [0.25, 0.3) is 5.91 Å². The summed E-state index contributed by atoms with van der Waals surface area (Å²) >= 11 is 0. The number of aromatic amines is 1. The van der Waals surface area contributed by atoms with Crippen LogP contribution in [0.3, 0.4) is 0 Å². The van der Waals surface area contributed by atoms with E-state index >= 15 is 0 Å². The molecule has 1 atom stereocenters. The highest BCUT2D eigenvalue weighted by molar-refractivity contribution is 5.99. The minimum absolute atomic E-state index is 0.310. The summed E-state index contributed by atoms with van der Waals surface area (Å²) < 4.78 is 5.26. The van der Waals surface area contributed by atoms with Gasteiger partial charge in [-0.05, 0) is 11.6 Å². The Morgan fingerprint density at radius 3 is 2.70 bits per heavy atom. The van der Waals surface area contributed by atoms with Crippen molar-refractivity contribution in [3.8, 4) is 0 Å². The van der Waals surface area contributed by atoms with Gasteiger partial charge in [-0.1, -0.05) is 48.5 Å². The van der Waals surface area contributed by atoms with Gasteiger partial charge in [-0.2, -0.15) is 5.10 Å². The first-order valence-corrected chi connectivity index (χ1v) is 7.26. The number of fused-ring (bicyclic) bond motifs is 1. The Kier molecular flexibility index (Phi) is 4.49. The van der Waals surface area contributed by atoms with Gasteiger partial charge >= 0.3 is 0 Å². The number of para-hydroxylation sites is 1. The molecule has 0 aliphatic carbocycles. The standard InChI is InChI=1S/C18H17N3O2/c1-23-17(13-7-3-2-4-8-13)18(22)21-20-12-14-11-19-16-10-6-5-9-15(14)16/h2-12,17,19H,1H3,(H,21,22). The summed E-state index contributed by atoms with van der Waals surface area (Å²) in [6, 6.07) is 17.2. The number of nitrogens with zero attached hydrogens (tertiary/aromatic N) is 1. The average molecular weight is 307 g/mol. The molecule has 1 aromatic heterocycles. The lowest BCUT2D eigenvalue weighted by atomic mass is 10.1. The van der Waals surface area contributed by atoms with Gasteiger partial charge in [0.15, 0.2) is 6.10 Å². The largest absolute Gasteiger partial charge is 0.367 e. The van der Waals surface area contributed by atoms with Crippen molar-refractivity contribution in [2.24, 2.45) is 5.10 Å². The molecule has 0 radical (unpaired) electrons. The van der Waals surface area contributed by atoms with Gasteiger partial charge in [0, 0.05) is 29.8 Å². The molecule has 0 aliphatic rings. The van der Waals surface area contributed by atoms with Gasteiger partial charge in [0.1, 0.15) is 0 Å². The number of ether oxygens (including phenoxy) is 1. The lowest BCUT2D eigenvalue weighted by Gasteiger charge is -2.13. The normalized spacial score (nSPS) is 12.6. The van der Waals surface area contributed by atoms with Crippen molar-refractivity contribution in [2.75, 3.05) is 7.11 Å². The number of amides is 1. The van der Waals surface area contributed by atoms with E-state index in [9.17, 15) is 4.79 Å². The van der Waals surface area contributed by atoms with Crippen LogP contribution < -0.4 is 5.43 Å². The zero-order valence-electron chi connectivity index (χ0n) is 12.7. The van der Waals surface area contributed by atoms with E-state index in [1.54, 1.807) is 6.21 Å². The Hall–Kier alpha value is -2.92. The molecule has 116 valence electrons. The lowest BCUT2D eigenvalue weighted by molar-refractivity contribution is -0.131. The zero-order chi connectivity index (χ0) is 16.1. The van der Waals surface area contributed by atoms with Gasteiger partial charge in [-0.25, -0.2) is 5.43 Å². The predicted molar refractivity (Wildman–Crippen MR) is 90.2 cm³/mol. The fourth-order valence-corrected chi connectivity index (χ4v) is 2.45. The Balaban J connectivity index is 1.70. The van der Waals surface area contributed by atoms with Gasteiger partial charge in [-0.3, -0.25) is 4.79 Å². The second-order valence-electron chi connectivity index (χ2n) is 5.05. The van der Waals surface area contributed by atoms with E-state index in [4.69, 9.17) is 4.74 Å². The van der Waals surface area contributed by atoms with Gasteiger partial charge in [-0.15, -0.1) is 0 Å². The maximum Gasteiger partial charge on any atom is 0.273 e. The highest BCUT2D eigenvalue weighted by atomic mass is 16.5. The first-order chi connectivity index (χ1) is 11.3. The summed E-state index contributed by atoms with van der Waals surface area (Å²) in [5, 5.41) is 5.09. The maximum atomic E-state index is 12.2. The second-order valence-corrected chi connectivity index (χ2v) is 5.05. The molecule has 5 heteroatoms. The molecule has 1 heterocycles. The van der Waals surface area contributed by atoms with Crippen LogP contribution in [0.5, 0.6) is 0 Å². The Morgan fingerprint density at radius 1 is 1.17 bits per heavy atom. The Bertz CT molecular complexity index is 824. The number of benzene rings is 2. The molecular formula is C18H17N3O2. The molecule has 0 aliphatic heterocycles. The van der Waals surface area contributed by atoms with E-state index in [0.717, 1.165) is 22.0 Å². The van der Waals surface area contributed by atoms with Crippen LogP contribution in [0.15, 0.2) is 65.9 Å². The molecule has 3 aromatic rings. The number of H-pyrrole nitrogens is 1. The van der Waals surface area contributed by atoms with Gasteiger partial charge < -0.3 is 9.72 Å². The number of hydrogen-bond donors (Lipinski definition) is 2. The molecule has 5 nitrogen and oxygen atoms in total. The Labute approximate surface area is 134 Å². The van der Waals surface area contributed by atoms with Crippen LogP contribution in [0.25, 0.3) is 10.9 Å². The Morgan fingerprint density at radius 2 is 1.91 bits per heavy atom. The molecule has 1 amide bonds. The van der Waals surface area contributed by atoms with Crippen LogP contribution in [0, 0.1) is 0 Å². The molecule has 3 rings (SSSR count). The predicted octanol–water partition coefficient (Wildman–Crippen LogP) is 3.01. The summed E-state index contributed by atoms with van der Waals surface area (Å²) in [5.74, 6) is -0.310. The molecular weight excluding hydrogens is 290 g/mol. The molecule has 2 N–H and O–H groups in total. The molecule has 1 unspecified atom stereocenters. The lowest BCUT2D eigenvalue weighted by Crippen LogP contribution is -2.26. The number of rotatable bonds is 5. The monoisotopic (exact) mass is 307 g/mol. The summed E-state index contributed by atoms with van der Waals surface area (Å²) in [6.45, 7) is 0. The van der Waals surface area contributed by atoms with Crippen LogP contribution in [0.4, 0.5) is 0 Å². The summed E-state index contributed by atoms with van der Waals surface area (Å²) in [7, 11) is 1.50. The highest BCUT2D eigenvalue weighted by Crippen LogP contribution is 2.17. The van der Waals surface area contributed by atoms with Crippen LogP contribution in [-0.2, 0) is 9.53 Å². The molecule has 2 aromatic carbocycles. The number of nitrogens with one attached hydrogen (secondary N) is 2. The molecule has 0 saturated heterocycles. The molecule has 0 saturated carbocycles. The van der Waals surface area contributed by atoms with Crippen molar-refractivity contribution in [2.45, 2.75) is 6.10 Å². The third kappa shape index (κ3) is 3.30. The average Bonchev–Trinajstić information content (AvgIpc) is 3.00. The van der Waals surface area contributed by atoms with Crippen molar-refractivity contribution in [3.05, 3.63) is 71.9 Å². The highest BCUT2D eigenvalue weighted by Gasteiger charge is 2.19. The smallest absolute Gasteiger partial charge is 0.273 e. The van der Waals surface area contributed by atoms with Crippen molar-refractivity contribution in [1.82, 2.24) is 10.4 Å². The fraction of sp³-hybridized carbons (Fsp3) is 0.111. The second kappa shape index (κ2) is 6.89. The zero-order valence-corrected chi connectivity index (χ0v) is 12.7. The first kappa shape index (κ1) is 15.0. The number of aromatic nitrogens is 1. The summed E-state index contributed by atoms with van der Waals surface area (Å²) in [6.07, 6.45) is 2.79. The number of carbonyl (C=O) groups is 1.